The molecular formula is C28H44O2. The number of rotatable bonds is 9. The third-order valence-corrected chi connectivity index (χ3v) is 8.38. The van der Waals surface area contributed by atoms with Gasteiger partial charge in [0.05, 0.1) is 12.7 Å². The molecule has 0 aromatic heterocycles. The lowest BCUT2D eigenvalue weighted by Crippen LogP contribution is -2.37. The van der Waals surface area contributed by atoms with Gasteiger partial charge in [-0.05, 0) is 118 Å². The highest BCUT2D eigenvalue weighted by atomic mass is 16.5. The molecule has 168 valence electrons. The van der Waals surface area contributed by atoms with Crippen LogP contribution in [0.5, 0.6) is 5.75 Å². The Morgan fingerprint density at radius 3 is 2.43 bits per heavy atom. The lowest BCUT2D eigenvalue weighted by molar-refractivity contribution is -0.0250. The van der Waals surface area contributed by atoms with E-state index in [0.717, 1.165) is 42.6 Å². The lowest BCUT2D eigenvalue weighted by atomic mass is 9.62. The molecule has 2 nitrogen and oxygen atoms in total. The first-order chi connectivity index (χ1) is 14.8. The maximum Gasteiger partial charge on any atom is 0.119 e. The normalized spacial score (nSPS) is 31.1. The van der Waals surface area contributed by atoms with Gasteiger partial charge in [0.25, 0.3) is 0 Å². The molecule has 0 aliphatic heterocycles. The Bertz CT molecular complexity index is 654. The van der Waals surface area contributed by atoms with Crippen LogP contribution < -0.4 is 4.74 Å². The van der Waals surface area contributed by atoms with E-state index >= 15 is 0 Å². The van der Waals surface area contributed by atoms with E-state index in [0.29, 0.717) is 6.10 Å². The highest BCUT2D eigenvalue weighted by Gasteiger charge is 2.38. The molecule has 1 aromatic rings. The molecule has 4 rings (SSSR count). The predicted molar refractivity (Wildman–Crippen MR) is 125 cm³/mol. The van der Waals surface area contributed by atoms with Gasteiger partial charge in [0.2, 0.25) is 0 Å². The maximum absolute atomic E-state index is 6.28. The first-order valence-electron chi connectivity index (χ1n) is 13.1. The molecule has 0 saturated heterocycles. The lowest BCUT2D eigenvalue weighted by Gasteiger charge is -2.45. The van der Waals surface area contributed by atoms with E-state index in [9.17, 15) is 0 Å². The Labute approximate surface area is 185 Å². The first kappa shape index (κ1) is 22.2. The average molecular weight is 413 g/mol. The van der Waals surface area contributed by atoms with E-state index in [-0.39, 0.29) is 0 Å². The summed E-state index contributed by atoms with van der Waals surface area (Å²) in [6.07, 6.45) is 18.3. The zero-order valence-electron chi connectivity index (χ0n) is 19.5. The molecule has 0 bridgehead atoms. The number of hydrogen-bond acceptors (Lipinski definition) is 2. The fourth-order valence-electron chi connectivity index (χ4n) is 6.66. The van der Waals surface area contributed by atoms with Gasteiger partial charge < -0.3 is 9.47 Å². The summed E-state index contributed by atoms with van der Waals surface area (Å²) in [5, 5.41) is 0. The fourth-order valence-corrected chi connectivity index (χ4v) is 6.66. The van der Waals surface area contributed by atoms with Crippen LogP contribution in [0.15, 0.2) is 18.2 Å². The van der Waals surface area contributed by atoms with Crippen molar-refractivity contribution in [1.82, 2.24) is 0 Å². The van der Waals surface area contributed by atoms with Crippen LogP contribution in [0.3, 0.4) is 0 Å². The van der Waals surface area contributed by atoms with Crippen LogP contribution in [-0.2, 0) is 17.6 Å². The topological polar surface area (TPSA) is 18.5 Å². The van der Waals surface area contributed by atoms with Crippen molar-refractivity contribution in [2.75, 3.05) is 13.2 Å². The molecule has 30 heavy (non-hydrogen) atoms. The summed E-state index contributed by atoms with van der Waals surface area (Å²) in [4.78, 5) is 0. The zero-order valence-corrected chi connectivity index (χ0v) is 19.5. The molecule has 1 aromatic carbocycles. The number of fused-ring (bicyclic) bond motifs is 2. The van der Waals surface area contributed by atoms with Gasteiger partial charge in [-0.25, -0.2) is 0 Å². The quantitative estimate of drug-likeness (QED) is 0.394. The molecule has 2 fully saturated rings. The molecule has 3 aliphatic rings. The monoisotopic (exact) mass is 412 g/mol. The molecule has 0 N–H and O–H groups in total. The molecule has 0 heterocycles. The van der Waals surface area contributed by atoms with Crippen LogP contribution in [0.2, 0.25) is 0 Å². The Balaban J connectivity index is 1.24. The minimum atomic E-state index is 0.561. The van der Waals surface area contributed by atoms with Crippen molar-refractivity contribution in [3.05, 3.63) is 29.3 Å². The van der Waals surface area contributed by atoms with Crippen LogP contribution in [0.4, 0.5) is 0 Å². The predicted octanol–water partition coefficient (Wildman–Crippen LogP) is 7.37. The van der Waals surface area contributed by atoms with Crippen LogP contribution in [0.25, 0.3) is 0 Å². The van der Waals surface area contributed by atoms with Crippen molar-refractivity contribution >= 4 is 0 Å². The second-order valence-corrected chi connectivity index (χ2v) is 10.3. The molecule has 0 spiro atoms. The smallest absolute Gasteiger partial charge is 0.119 e. The minimum absolute atomic E-state index is 0.561. The van der Waals surface area contributed by atoms with Gasteiger partial charge in [0.1, 0.15) is 5.75 Å². The van der Waals surface area contributed by atoms with Crippen molar-refractivity contribution in [2.24, 2.45) is 23.7 Å². The Hall–Kier alpha value is -1.02. The Morgan fingerprint density at radius 1 is 0.800 bits per heavy atom. The van der Waals surface area contributed by atoms with E-state index in [1.165, 1.54) is 83.5 Å². The van der Waals surface area contributed by atoms with Crippen molar-refractivity contribution in [1.29, 1.82) is 0 Å². The summed E-state index contributed by atoms with van der Waals surface area (Å²) >= 11 is 0. The van der Waals surface area contributed by atoms with Crippen molar-refractivity contribution in [3.63, 3.8) is 0 Å². The molecule has 2 saturated carbocycles. The SMILES string of the molecule is CCCCCCO[C@@H]1CC[C@@H]2CC(C3CCc4cc(OCC)ccc4C3)CCC2C1. The summed E-state index contributed by atoms with van der Waals surface area (Å²) in [6, 6.07) is 6.84. The van der Waals surface area contributed by atoms with Gasteiger partial charge >= 0.3 is 0 Å². The molecule has 5 atom stereocenters. The standard InChI is InChI=1S/C28H44O2/c1-3-5-6-7-16-30-28-15-13-24-18-22(9-11-26(24)20-28)21-8-10-25-19-27(29-4-2)14-12-23(25)17-21/h12,14,19,21-22,24,26,28H,3-11,13,15-18,20H2,1-2H3/t21?,22?,24-,26?,28-/m1/s1. The number of hydrogen-bond donors (Lipinski definition) is 0. The van der Waals surface area contributed by atoms with E-state index in [1.54, 1.807) is 11.1 Å². The highest BCUT2D eigenvalue weighted by Crippen LogP contribution is 2.47. The third-order valence-electron chi connectivity index (χ3n) is 8.38. The molecular weight excluding hydrogens is 368 g/mol. The number of aryl methyl sites for hydroxylation is 1. The van der Waals surface area contributed by atoms with Gasteiger partial charge in [-0.15, -0.1) is 0 Å². The summed E-state index contributed by atoms with van der Waals surface area (Å²) in [5.74, 6) is 4.84. The largest absolute Gasteiger partial charge is 0.494 e. The average Bonchev–Trinajstić information content (AvgIpc) is 2.78. The number of unbranched alkanes of at least 4 members (excludes halogenated alkanes) is 3. The van der Waals surface area contributed by atoms with Crippen molar-refractivity contribution < 1.29 is 9.47 Å². The first-order valence-corrected chi connectivity index (χ1v) is 13.1. The van der Waals surface area contributed by atoms with Gasteiger partial charge in [-0.1, -0.05) is 32.3 Å². The van der Waals surface area contributed by atoms with E-state index in [2.05, 4.69) is 32.0 Å². The third kappa shape index (κ3) is 5.61. The summed E-state index contributed by atoms with van der Waals surface area (Å²) < 4.78 is 12.0. The Morgan fingerprint density at radius 2 is 1.60 bits per heavy atom. The van der Waals surface area contributed by atoms with E-state index in [4.69, 9.17) is 9.47 Å². The second-order valence-electron chi connectivity index (χ2n) is 10.3. The number of benzene rings is 1. The van der Waals surface area contributed by atoms with E-state index < -0.39 is 0 Å². The van der Waals surface area contributed by atoms with Crippen molar-refractivity contribution in [2.45, 2.75) is 103 Å². The van der Waals surface area contributed by atoms with Gasteiger partial charge in [0, 0.05) is 6.61 Å². The van der Waals surface area contributed by atoms with Gasteiger partial charge in [-0.3, -0.25) is 0 Å². The summed E-state index contributed by atoms with van der Waals surface area (Å²) in [7, 11) is 0. The van der Waals surface area contributed by atoms with E-state index in [1.807, 2.05) is 0 Å². The van der Waals surface area contributed by atoms with Crippen LogP contribution in [0, 0.1) is 23.7 Å². The second kappa shape index (κ2) is 11.0. The van der Waals surface area contributed by atoms with Crippen LogP contribution in [0.1, 0.15) is 95.6 Å². The molecule has 3 unspecified atom stereocenters. The minimum Gasteiger partial charge on any atom is -0.494 e. The van der Waals surface area contributed by atoms with Crippen molar-refractivity contribution in [3.8, 4) is 5.75 Å². The molecule has 3 aliphatic carbocycles. The molecule has 2 heteroatoms. The molecule has 0 amide bonds. The summed E-state index contributed by atoms with van der Waals surface area (Å²) in [5.41, 5.74) is 3.14. The number of ether oxygens (including phenoxy) is 2. The highest BCUT2D eigenvalue weighted by molar-refractivity contribution is 5.37. The van der Waals surface area contributed by atoms with Gasteiger partial charge in [0.15, 0.2) is 0 Å². The van der Waals surface area contributed by atoms with Gasteiger partial charge in [-0.2, -0.15) is 0 Å². The van der Waals surface area contributed by atoms with Crippen LogP contribution in [-0.4, -0.2) is 19.3 Å². The zero-order chi connectivity index (χ0) is 20.8. The molecule has 0 radical (unpaired) electrons. The fraction of sp³-hybridized carbons (Fsp3) is 0.786. The maximum atomic E-state index is 6.28. The Kier molecular flexibility index (Phi) is 8.15. The van der Waals surface area contributed by atoms with Crippen LogP contribution >= 0.6 is 0 Å². The summed E-state index contributed by atoms with van der Waals surface area (Å²) in [6.45, 7) is 6.11.